The van der Waals surface area contributed by atoms with Gasteiger partial charge in [0.05, 0.1) is 6.21 Å². The first-order valence-corrected chi connectivity index (χ1v) is 6.98. The van der Waals surface area contributed by atoms with E-state index in [4.69, 9.17) is 0 Å². The van der Waals surface area contributed by atoms with Crippen molar-refractivity contribution in [2.75, 3.05) is 5.43 Å². The van der Waals surface area contributed by atoms with Crippen molar-refractivity contribution < 1.29 is 5.11 Å². The quantitative estimate of drug-likeness (QED) is 0.448. The maximum Gasteiger partial charge on any atom is 0.177 e. The van der Waals surface area contributed by atoms with Gasteiger partial charge in [-0.3, -0.25) is 5.43 Å². The Morgan fingerprint density at radius 2 is 2.00 bits per heavy atom. The summed E-state index contributed by atoms with van der Waals surface area (Å²) in [5, 5.41) is 28.1. The van der Waals surface area contributed by atoms with Crippen LogP contribution in [-0.4, -0.2) is 31.1 Å². The molecule has 2 heterocycles. The van der Waals surface area contributed by atoms with Gasteiger partial charge in [0, 0.05) is 5.56 Å². The van der Waals surface area contributed by atoms with E-state index in [1.807, 2.05) is 30.3 Å². The van der Waals surface area contributed by atoms with Gasteiger partial charge in [0.25, 0.3) is 0 Å². The van der Waals surface area contributed by atoms with Gasteiger partial charge in [-0.2, -0.15) is 9.62 Å². The Hall–Kier alpha value is -3.48. The highest BCUT2D eigenvalue weighted by molar-refractivity contribution is 6.02. The largest absolute Gasteiger partial charge is 0.507 e. The number of phenols is 1. The summed E-state index contributed by atoms with van der Waals surface area (Å²) in [6.07, 6.45) is 3.09. The van der Waals surface area contributed by atoms with Crippen LogP contribution in [0.15, 0.2) is 60.0 Å². The van der Waals surface area contributed by atoms with E-state index >= 15 is 0 Å². The predicted octanol–water partition coefficient (Wildman–Crippen LogP) is 2.43. The number of hydrogen-bond donors (Lipinski definition) is 2. The molecule has 7 heteroatoms. The SMILES string of the molecule is Oc1ccc2ccccc2c1/C=N\Nc1ccc2nncn2n1. The van der Waals surface area contributed by atoms with Gasteiger partial charge in [0.1, 0.15) is 12.1 Å². The van der Waals surface area contributed by atoms with Crippen LogP contribution in [0.3, 0.4) is 0 Å². The maximum atomic E-state index is 10.1. The lowest BCUT2D eigenvalue weighted by molar-refractivity contribution is 0.475. The smallest absolute Gasteiger partial charge is 0.177 e. The predicted molar refractivity (Wildman–Crippen MR) is 87.6 cm³/mol. The summed E-state index contributed by atoms with van der Waals surface area (Å²) in [5.41, 5.74) is 4.15. The highest BCUT2D eigenvalue weighted by Gasteiger charge is 2.04. The molecule has 0 aliphatic heterocycles. The van der Waals surface area contributed by atoms with Crippen LogP contribution in [0.2, 0.25) is 0 Å². The number of rotatable bonds is 3. The molecular weight excluding hydrogens is 292 g/mol. The molecule has 112 valence electrons. The van der Waals surface area contributed by atoms with Gasteiger partial charge in [-0.1, -0.05) is 30.3 Å². The van der Waals surface area contributed by atoms with Crippen LogP contribution in [0.1, 0.15) is 5.56 Å². The molecule has 0 fully saturated rings. The molecule has 0 unspecified atom stereocenters. The van der Waals surface area contributed by atoms with Crippen LogP contribution in [0.5, 0.6) is 5.75 Å². The molecule has 0 spiro atoms. The number of anilines is 1. The molecule has 2 N–H and O–H groups in total. The number of phenolic OH excluding ortho intramolecular Hbond substituents is 1. The number of aromatic hydroxyl groups is 1. The molecule has 0 aliphatic carbocycles. The summed E-state index contributed by atoms with van der Waals surface area (Å²) in [5.74, 6) is 0.727. The summed E-state index contributed by atoms with van der Waals surface area (Å²) in [6.45, 7) is 0. The highest BCUT2D eigenvalue weighted by atomic mass is 16.3. The standard InChI is InChI=1S/C16H12N6O/c23-14-6-5-11-3-1-2-4-12(11)13(14)9-17-19-15-7-8-16-20-18-10-22(16)21-15/h1-10,23H,(H,19,21)/b17-9-. The van der Waals surface area contributed by atoms with Crippen LogP contribution >= 0.6 is 0 Å². The molecule has 7 nitrogen and oxygen atoms in total. The third-order valence-corrected chi connectivity index (χ3v) is 3.48. The van der Waals surface area contributed by atoms with Gasteiger partial charge in [-0.15, -0.1) is 15.3 Å². The number of hydrazone groups is 1. The molecular formula is C16H12N6O. The second kappa shape index (κ2) is 5.38. The summed E-state index contributed by atoms with van der Waals surface area (Å²) < 4.78 is 1.55. The Bertz CT molecular complexity index is 1020. The van der Waals surface area contributed by atoms with E-state index < -0.39 is 0 Å². The zero-order valence-electron chi connectivity index (χ0n) is 12.0. The second-order valence-electron chi connectivity index (χ2n) is 4.94. The summed E-state index contributed by atoms with van der Waals surface area (Å²) in [7, 11) is 0. The third kappa shape index (κ3) is 2.44. The van der Waals surface area contributed by atoms with Crippen LogP contribution in [0.25, 0.3) is 16.4 Å². The summed E-state index contributed by atoms with van der Waals surface area (Å²) >= 11 is 0. The fourth-order valence-corrected chi connectivity index (χ4v) is 2.37. The molecule has 2 aromatic carbocycles. The van der Waals surface area contributed by atoms with E-state index in [0.717, 1.165) is 10.8 Å². The van der Waals surface area contributed by atoms with Gasteiger partial charge in [-0.05, 0) is 29.0 Å². The summed E-state index contributed by atoms with van der Waals surface area (Å²) in [6, 6.07) is 14.9. The zero-order chi connectivity index (χ0) is 15.6. The lowest BCUT2D eigenvalue weighted by Crippen LogP contribution is -1.98. The van der Waals surface area contributed by atoms with Crippen molar-refractivity contribution in [1.29, 1.82) is 0 Å². The van der Waals surface area contributed by atoms with E-state index in [-0.39, 0.29) is 5.75 Å². The molecule has 2 aromatic heterocycles. The third-order valence-electron chi connectivity index (χ3n) is 3.48. The van der Waals surface area contributed by atoms with Crippen molar-refractivity contribution in [2.45, 2.75) is 0 Å². The molecule has 0 saturated heterocycles. The molecule has 0 aliphatic rings. The van der Waals surface area contributed by atoms with Gasteiger partial charge in [-0.25, -0.2) is 0 Å². The zero-order valence-corrected chi connectivity index (χ0v) is 12.0. The van der Waals surface area contributed by atoms with E-state index in [9.17, 15) is 5.11 Å². The Morgan fingerprint density at radius 1 is 1.09 bits per heavy atom. The lowest BCUT2D eigenvalue weighted by Gasteiger charge is -2.05. The van der Waals surface area contributed by atoms with Crippen molar-refractivity contribution in [3.63, 3.8) is 0 Å². The number of nitrogens with zero attached hydrogens (tertiary/aromatic N) is 5. The van der Waals surface area contributed by atoms with Gasteiger partial charge in [0.15, 0.2) is 11.5 Å². The van der Waals surface area contributed by atoms with E-state index in [1.54, 1.807) is 28.9 Å². The highest BCUT2D eigenvalue weighted by Crippen LogP contribution is 2.25. The van der Waals surface area contributed by atoms with Gasteiger partial charge in [0.2, 0.25) is 0 Å². The van der Waals surface area contributed by atoms with Crippen LogP contribution in [0, 0.1) is 0 Å². The lowest BCUT2D eigenvalue weighted by atomic mass is 10.0. The van der Waals surface area contributed by atoms with Crippen molar-refractivity contribution in [1.82, 2.24) is 19.8 Å². The molecule has 23 heavy (non-hydrogen) atoms. The average Bonchev–Trinajstić information content (AvgIpc) is 3.04. The number of hydrogen-bond acceptors (Lipinski definition) is 6. The topological polar surface area (TPSA) is 87.7 Å². The fourth-order valence-electron chi connectivity index (χ4n) is 2.37. The minimum atomic E-state index is 0.177. The molecule has 0 amide bonds. The molecule has 0 radical (unpaired) electrons. The molecule has 0 atom stereocenters. The van der Waals surface area contributed by atoms with Crippen LogP contribution in [-0.2, 0) is 0 Å². The minimum Gasteiger partial charge on any atom is -0.507 e. The van der Waals surface area contributed by atoms with E-state index in [2.05, 4.69) is 25.8 Å². The molecule has 4 aromatic rings. The van der Waals surface area contributed by atoms with Crippen LogP contribution < -0.4 is 5.43 Å². The first kappa shape index (κ1) is 13.2. The van der Waals surface area contributed by atoms with Crippen molar-refractivity contribution in [3.05, 3.63) is 60.4 Å². The van der Waals surface area contributed by atoms with Gasteiger partial charge < -0.3 is 5.11 Å². The Morgan fingerprint density at radius 3 is 2.96 bits per heavy atom. The first-order chi connectivity index (χ1) is 11.3. The molecule has 0 bridgehead atoms. The van der Waals surface area contributed by atoms with Crippen LogP contribution in [0.4, 0.5) is 5.82 Å². The number of fused-ring (bicyclic) bond motifs is 2. The Kier molecular flexibility index (Phi) is 3.09. The Labute approximate surface area is 130 Å². The number of aromatic nitrogens is 4. The van der Waals surface area contributed by atoms with E-state index in [1.165, 1.54) is 6.33 Å². The minimum absolute atomic E-state index is 0.177. The first-order valence-electron chi connectivity index (χ1n) is 6.98. The molecule has 0 saturated carbocycles. The fraction of sp³-hybridized carbons (Fsp3) is 0. The summed E-state index contributed by atoms with van der Waals surface area (Å²) in [4.78, 5) is 0. The second-order valence-corrected chi connectivity index (χ2v) is 4.94. The average molecular weight is 304 g/mol. The van der Waals surface area contributed by atoms with Crippen molar-refractivity contribution in [3.8, 4) is 5.75 Å². The van der Waals surface area contributed by atoms with Crippen molar-refractivity contribution in [2.24, 2.45) is 5.10 Å². The van der Waals surface area contributed by atoms with Gasteiger partial charge >= 0.3 is 0 Å². The number of benzene rings is 2. The normalized spacial score (nSPS) is 11.5. The van der Waals surface area contributed by atoms with Crippen molar-refractivity contribution >= 4 is 28.5 Å². The molecule has 4 rings (SSSR count). The maximum absolute atomic E-state index is 10.1. The number of nitrogens with one attached hydrogen (secondary N) is 1. The Balaban J connectivity index is 1.64. The monoisotopic (exact) mass is 304 g/mol. The van der Waals surface area contributed by atoms with E-state index in [0.29, 0.717) is 17.0 Å².